The van der Waals surface area contributed by atoms with Gasteiger partial charge in [0.1, 0.15) is 23.0 Å². The van der Waals surface area contributed by atoms with Crippen LogP contribution in [-0.2, 0) is 17.6 Å². The Labute approximate surface area is 136 Å². The fraction of sp³-hybridized carbons (Fsp3) is 0.167. The minimum absolute atomic E-state index is 0.0377. The fourth-order valence-electron chi connectivity index (χ4n) is 3.50. The molecular formula is C18H12O6. The van der Waals surface area contributed by atoms with E-state index in [1.165, 1.54) is 18.2 Å². The summed E-state index contributed by atoms with van der Waals surface area (Å²) in [4.78, 5) is 37.1. The lowest BCUT2D eigenvalue weighted by Gasteiger charge is -2.25. The van der Waals surface area contributed by atoms with Crippen molar-refractivity contribution >= 4 is 17.3 Å². The highest BCUT2D eigenvalue weighted by Gasteiger charge is 2.39. The van der Waals surface area contributed by atoms with E-state index in [1.807, 2.05) is 0 Å². The van der Waals surface area contributed by atoms with Gasteiger partial charge in [0, 0.05) is 29.5 Å². The molecule has 3 N–H and O–H groups in total. The largest absolute Gasteiger partial charge is 0.507 e. The summed E-state index contributed by atoms with van der Waals surface area (Å²) in [5, 5.41) is 31.0. The molecule has 120 valence electrons. The molecule has 0 spiro atoms. The summed E-state index contributed by atoms with van der Waals surface area (Å²) >= 11 is 0. The highest BCUT2D eigenvalue weighted by atomic mass is 16.3. The van der Waals surface area contributed by atoms with Crippen LogP contribution in [-0.4, -0.2) is 32.7 Å². The predicted octanol–water partition coefficient (Wildman–Crippen LogP) is 1.64. The number of ketones is 3. The number of fused-ring (bicyclic) bond motifs is 3. The van der Waals surface area contributed by atoms with E-state index in [9.17, 15) is 29.7 Å². The van der Waals surface area contributed by atoms with Crippen LogP contribution in [0, 0.1) is 0 Å². The first-order chi connectivity index (χ1) is 11.4. The highest BCUT2D eigenvalue weighted by molar-refractivity contribution is 6.31. The second kappa shape index (κ2) is 4.67. The zero-order valence-electron chi connectivity index (χ0n) is 12.4. The van der Waals surface area contributed by atoms with Crippen LogP contribution < -0.4 is 0 Å². The van der Waals surface area contributed by atoms with Gasteiger partial charge in [-0.2, -0.15) is 0 Å². The molecule has 0 heterocycles. The summed E-state index contributed by atoms with van der Waals surface area (Å²) in [6, 6.07) is 4.07. The Morgan fingerprint density at radius 2 is 1.42 bits per heavy atom. The van der Waals surface area contributed by atoms with Gasteiger partial charge in [0.05, 0.1) is 16.7 Å². The van der Waals surface area contributed by atoms with Crippen LogP contribution in [0.3, 0.4) is 0 Å². The lowest BCUT2D eigenvalue weighted by Crippen LogP contribution is -2.24. The van der Waals surface area contributed by atoms with E-state index in [-0.39, 0.29) is 58.6 Å². The third-order valence-corrected chi connectivity index (χ3v) is 4.66. The van der Waals surface area contributed by atoms with Crippen LogP contribution in [0.1, 0.15) is 49.4 Å². The number of phenols is 3. The Kier molecular flexibility index (Phi) is 2.81. The molecule has 0 bridgehead atoms. The highest BCUT2D eigenvalue weighted by Crippen LogP contribution is 2.46. The van der Waals surface area contributed by atoms with Crippen molar-refractivity contribution in [2.75, 3.05) is 0 Å². The minimum atomic E-state index is -0.717. The zero-order chi connectivity index (χ0) is 17.2. The average molecular weight is 324 g/mol. The maximum atomic E-state index is 12.7. The zero-order valence-corrected chi connectivity index (χ0v) is 12.4. The van der Waals surface area contributed by atoms with Crippen molar-refractivity contribution in [2.24, 2.45) is 0 Å². The Morgan fingerprint density at radius 1 is 0.750 bits per heavy atom. The van der Waals surface area contributed by atoms with Crippen molar-refractivity contribution in [1.29, 1.82) is 0 Å². The number of Topliss-reactive ketones (excluding diaryl/α,β-unsaturated/α-hetero) is 1. The molecule has 0 saturated heterocycles. The lowest BCUT2D eigenvalue weighted by atomic mass is 9.77. The number of carbonyl (C=O) groups excluding carboxylic acids is 3. The molecule has 2 aliphatic carbocycles. The molecule has 0 unspecified atom stereocenters. The number of phenolic OH excluding ortho intramolecular Hbond substituents is 3. The molecule has 2 aromatic carbocycles. The van der Waals surface area contributed by atoms with Gasteiger partial charge in [-0.1, -0.05) is 12.1 Å². The molecule has 0 atom stereocenters. The van der Waals surface area contributed by atoms with E-state index in [2.05, 4.69) is 0 Å². The number of hydrogen-bond acceptors (Lipinski definition) is 6. The molecule has 2 aromatic rings. The normalized spacial score (nSPS) is 15.8. The topological polar surface area (TPSA) is 112 Å². The minimum Gasteiger partial charge on any atom is -0.507 e. The van der Waals surface area contributed by atoms with Gasteiger partial charge in [0.15, 0.2) is 5.78 Å². The number of hydrogen-bond donors (Lipinski definition) is 3. The lowest BCUT2D eigenvalue weighted by molar-refractivity contribution is -0.118. The van der Waals surface area contributed by atoms with Crippen molar-refractivity contribution in [3.63, 3.8) is 0 Å². The van der Waals surface area contributed by atoms with Crippen LogP contribution in [0.25, 0.3) is 0 Å². The van der Waals surface area contributed by atoms with Gasteiger partial charge >= 0.3 is 0 Å². The number of rotatable bonds is 0. The van der Waals surface area contributed by atoms with Gasteiger partial charge in [0.25, 0.3) is 0 Å². The SMILES string of the molecule is O=C1CCc2c(O)c3c(c(O)c2C1)C(=O)c1cccc(O)c1C3=O. The van der Waals surface area contributed by atoms with Crippen molar-refractivity contribution in [3.8, 4) is 17.2 Å². The molecule has 0 radical (unpaired) electrons. The van der Waals surface area contributed by atoms with Crippen LogP contribution >= 0.6 is 0 Å². The van der Waals surface area contributed by atoms with Gasteiger partial charge in [-0.15, -0.1) is 0 Å². The van der Waals surface area contributed by atoms with Gasteiger partial charge in [0.2, 0.25) is 5.78 Å². The number of benzene rings is 2. The van der Waals surface area contributed by atoms with Crippen LogP contribution in [0.4, 0.5) is 0 Å². The van der Waals surface area contributed by atoms with Gasteiger partial charge in [-0.3, -0.25) is 14.4 Å². The summed E-state index contributed by atoms with van der Waals surface area (Å²) in [5.41, 5.74) is -0.317. The smallest absolute Gasteiger partial charge is 0.202 e. The summed E-state index contributed by atoms with van der Waals surface area (Å²) in [7, 11) is 0. The molecule has 6 nitrogen and oxygen atoms in total. The van der Waals surface area contributed by atoms with Crippen molar-refractivity contribution in [3.05, 3.63) is 51.6 Å². The summed E-state index contributed by atoms with van der Waals surface area (Å²) in [5.74, 6) is -2.67. The van der Waals surface area contributed by atoms with Gasteiger partial charge < -0.3 is 15.3 Å². The Balaban J connectivity index is 2.09. The fourth-order valence-corrected chi connectivity index (χ4v) is 3.50. The number of carbonyl (C=O) groups is 3. The summed E-state index contributed by atoms with van der Waals surface area (Å²) < 4.78 is 0. The van der Waals surface area contributed by atoms with E-state index >= 15 is 0 Å². The Morgan fingerprint density at radius 3 is 2.17 bits per heavy atom. The predicted molar refractivity (Wildman–Crippen MR) is 81.8 cm³/mol. The molecule has 0 aromatic heterocycles. The van der Waals surface area contributed by atoms with E-state index in [4.69, 9.17) is 0 Å². The van der Waals surface area contributed by atoms with Crippen LogP contribution in [0.2, 0.25) is 0 Å². The second-order valence-electron chi connectivity index (χ2n) is 5.98. The van der Waals surface area contributed by atoms with E-state index in [0.29, 0.717) is 5.56 Å². The van der Waals surface area contributed by atoms with Crippen molar-refractivity contribution < 1.29 is 29.7 Å². The Hall–Kier alpha value is -3.15. The van der Waals surface area contributed by atoms with E-state index in [0.717, 1.165) is 0 Å². The van der Waals surface area contributed by atoms with Gasteiger partial charge in [-0.25, -0.2) is 0 Å². The second-order valence-corrected chi connectivity index (χ2v) is 5.98. The monoisotopic (exact) mass is 324 g/mol. The molecule has 0 aliphatic heterocycles. The molecule has 6 heteroatoms. The van der Waals surface area contributed by atoms with E-state index in [1.54, 1.807) is 0 Å². The molecule has 0 fully saturated rings. The molecular weight excluding hydrogens is 312 g/mol. The molecule has 0 amide bonds. The maximum Gasteiger partial charge on any atom is 0.202 e. The van der Waals surface area contributed by atoms with Crippen LogP contribution in [0.5, 0.6) is 17.2 Å². The third kappa shape index (κ3) is 1.68. The molecule has 0 saturated carbocycles. The maximum absolute atomic E-state index is 12.7. The molecule has 2 aliphatic rings. The van der Waals surface area contributed by atoms with Gasteiger partial charge in [-0.05, 0) is 12.5 Å². The summed E-state index contributed by atoms with van der Waals surface area (Å²) in [6.45, 7) is 0. The first-order valence-electron chi connectivity index (χ1n) is 7.44. The third-order valence-electron chi connectivity index (χ3n) is 4.66. The molecule has 4 rings (SSSR count). The Bertz CT molecular complexity index is 970. The average Bonchev–Trinajstić information content (AvgIpc) is 2.55. The van der Waals surface area contributed by atoms with E-state index < -0.39 is 23.1 Å². The first kappa shape index (κ1) is 14.4. The molecule has 24 heavy (non-hydrogen) atoms. The number of aromatic hydroxyl groups is 3. The van der Waals surface area contributed by atoms with Crippen molar-refractivity contribution in [2.45, 2.75) is 19.3 Å². The summed E-state index contributed by atoms with van der Waals surface area (Å²) in [6.07, 6.45) is 0.301. The quantitative estimate of drug-likeness (QED) is 0.542. The standard InChI is InChI=1S/C18H12O6/c19-7-4-5-8-10(6-7)17(23)13-14(15(8)21)18(24)12-9(16(13)22)2-1-3-11(12)20/h1-3,20-21,23H,4-6H2. The van der Waals surface area contributed by atoms with Crippen molar-refractivity contribution in [1.82, 2.24) is 0 Å². The first-order valence-corrected chi connectivity index (χ1v) is 7.44. The van der Waals surface area contributed by atoms with Crippen LogP contribution in [0.15, 0.2) is 18.2 Å².